The first-order chi connectivity index (χ1) is 13.3. The van der Waals surface area contributed by atoms with Crippen LogP contribution in [0.1, 0.15) is 26.2 Å². The summed E-state index contributed by atoms with van der Waals surface area (Å²) in [5, 5.41) is 8.21. The standard InChI is InChI=1S/C21H24N4OS/c1-2-10-22-21(26)15-6-5-11-25(13-15)20-17-7-3-4-8-18(17)23-19(24-20)16-9-12-27-14-16/h3-4,7-9,12,14-15H,2,5-6,10-11,13H2,1H3,(H,22,26). The highest BCUT2D eigenvalue weighted by Crippen LogP contribution is 2.31. The lowest BCUT2D eigenvalue weighted by atomic mass is 9.96. The molecule has 0 saturated carbocycles. The molecule has 3 heterocycles. The summed E-state index contributed by atoms with van der Waals surface area (Å²) in [4.78, 5) is 24.4. The summed E-state index contributed by atoms with van der Waals surface area (Å²) in [6, 6.07) is 10.2. The van der Waals surface area contributed by atoms with Gasteiger partial charge in [-0.2, -0.15) is 11.3 Å². The van der Waals surface area contributed by atoms with Crippen molar-refractivity contribution in [2.45, 2.75) is 26.2 Å². The van der Waals surface area contributed by atoms with Crippen LogP contribution in [0.3, 0.4) is 0 Å². The number of amides is 1. The topological polar surface area (TPSA) is 58.1 Å². The molecule has 27 heavy (non-hydrogen) atoms. The van der Waals surface area contributed by atoms with Crippen LogP contribution in [0.5, 0.6) is 0 Å². The number of thiophene rings is 1. The van der Waals surface area contributed by atoms with Crippen LogP contribution in [0.4, 0.5) is 5.82 Å². The number of nitrogens with zero attached hydrogens (tertiary/aromatic N) is 3. The Morgan fingerprint density at radius 2 is 2.19 bits per heavy atom. The molecule has 1 amide bonds. The lowest BCUT2D eigenvalue weighted by Crippen LogP contribution is -2.43. The van der Waals surface area contributed by atoms with Gasteiger partial charge in [0.15, 0.2) is 5.82 Å². The molecule has 0 bridgehead atoms. The van der Waals surface area contributed by atoms with Crippen molar-refractivity contribution in [1.29, 1.82) is 0 Å². The van der Waals surface area contributed by atoms with Crippen molar-refractivity contribution in [3.8, 4) is 11.4 Å². The molecule has 0 spiro atoms. The van der Waals surface area contributed by atoms with E-state index in [4.69, 9.17) is 9.97 Å². The Labute approximate surface area is 163 Å². The number of hydrogen-bond donors (Lipinski definition) is 1. The van der Waals surface area contributed by atoms with E-state index in [0.29, 0.717) is 6.54 Å². The van der Waals surface area contributed by atoms with Gasteiger partial charge in [0.05, 0.1) is 11.4 Å². The van der Waals surface area contributed by atoms with E-state index in [0.717, 1.165) is 60.5 Å². The van der Waals surface area contributed by atoms with Crippen LogP contribution in [-0.4, -0.2) is 35.5 Å². The molecule has 3 aromatic rings. The van der Waals surface area contributed by atoms with Gasteiger partial charge in [-0.25, -0.2) is 9.97 Å². The Bertz CT molecular complexity index is 925. The Morgan fingerprint density at radius 1 is 1.30 bits per heavy atom. The van der Waals surface area contributed by atoms with Gasteiger partial charge < -0.3 is 10.2 Å². The number of para-hydroxylation sites is 1. The minimum absolute atomic E-state index is 0.0172. The number of carbonyl (C=O) groups is 1. The van der Waals surface area contributed by atoms with Crippen LogP contribution in [0.15, 0.2) is 41.1 Å². The molecular formula is C21H24N4OS. The minimum atomic E-state index is 0.0172. The van der Waals surface area contributed by atoms with Crippen molar-refractivity contribution < 1.29 is 4.79 Å². The molecule has 0 radical (unpaired) electrons. The number of rotatable bonds is 5. The summed E-state index contributed by atoms with van der Waals surface area (Å²) in [6.07, 6.45) is 2.89. The molecular weight excluding hydrogens is 356 g/mol. The second-order valence-electron chi connectivity index (χ2n) is 6.98. The summed E-state index contributed by atoms with van der Waals surface area (Å²) in [7, 11) is 0. The second-order valence-corrected chi connectivity index (χ2v) is 7.76. The Hall–Kier alpha value is -2.47. The van der Waals surface area contributed by atoms with Gasteiger partial charge in [0.2, 0.25) is 5.91 Å². The molecule has 2 aromatic heterocycles. The molecule has 1 unspecified atom stereocenters. The predicted molar refractivity (Wildman–Crippen MR) is 111 cm³/mol. The number of nitrogens with one attached hydrogen (secondary N) is 1. The lowest BCUT2D eigenvalue weighted by molar-refractivity contribution is -0.125. The van der Waals surface area contributed by atoms with Gasteiger partial charge in [0.25, 0.3) is 0 Å². The van der Waals surface area contributed by atoms with Crippen molar-refractivity contribution in [3.63, 3.8) is 0 Å². The van der Waals surface area contributed by atoms with E-state index in [1.165, 1.54) is 0 Å². The van der Waals surface area contributed by atoms with Crippen molar-refractivity contribution in [1.82, 2.24) is 15.3 Å². The van der Waals surface area contributed by atoms with E-state index in [1.807, 2.05) is 23.6 Å². The first kappa shape index (κ1) is 17.9. The number of hydrogen-bond acceptors (Lipinski definition) is 5. The van der Waals surface area contributed by atoms with E-state index in [9.17, 15) is 4.79 Å². The van der Waals surface area contributed by atoms with Gasteiger partial charge in [0.1, 0.15) is 5.82 Å². The zero-order chi connectivity index (χ0) is 18.6. The third-order valence-electron chi connectivity index (χ3n) is 5.00. The number of benzene rings is 1. The average Bonchev–Trinajstić information content (AvgIpc) is 3.26. The maximum absolute atomic E-state index is 12.5. The molecule has 1 aliphatic heterocycles. The number of carbonyl (C=O) groups excluding carboxylic acids is 1. The third kappa shape index (κ3) is 3.81. The smallest absolute Gasteiger partial charge is 0.224 e. The van der Waals surface area contributed by atoms with Gasteiger partial charge in [-0.05, 0) is 42.8 Å². The van der Waals surface area contributed by atoms with Gasteiger partial charge in [-0.3, -0.25) is 4.79 Å². The van der Waals surface area contributed by atoms with E-state index in [-0.39, 0.29) is 11.8 Å². The normalized spacial score (nSPS) is 17.2. The summed E-state index contributed by atoms with van der Waals surface area (Å²) in [5.41, 5.74) is 1.99. The fourth-order valence-corrected chi connectivity index (χ4v) is 4.23. The van der Waals surface area contributed by atoms with E-state index >= 15 is 0 Å². The quantitative estimate of drug-likeness (QED) is 0.724. The largest absolute Gasteiger partial charge is 0.356 e. The van der Waals surface area contributed by atoms with Gasteiger partial charge in [-0.15, -0.1) is 0 Å². The molecule has 5 nitrogen and oxygen atoms in total. The monoisotopic (exact) mass is 380 g/mol. The number of fused-ring (bicyclic) bond motifs is 1. The minimum Gasteiger partial charge on any atom is -0.356 e. The highest BCUT2D eigenvalue weighted by molar-refractivity contribution is 7.08. The first-order valence-corrected chi connectivity index (χ1v) is 10.5. The molecule has 1 atom stereocenters. The zero-order valence-electron chi connectivity index (χ0n) is 15.5. The van der Waals surface area contributed by atoms with Crippen LogP contribution < -0.4 is 10.2 Å². The van der Waals surface area contributed by atoms with Crippen molar-refractivity contribution in [3.05, 3.63) is 41.1 Å². The summed E-state index contributed by atoms with van der Waals surface area (Å²) >= 11 is 1.65. The van der Waals surface area contributed by atoms with Gasteiger partial charge in [-0.1, -0.05) is 19.1 Å². The van der Waals surface area contributed by atoms with E-state index in [1.54, 1.807) is 11.3 Å². The molecule has 1 saturated heterocycles. The molecule has 0 aliphatic carbocycles. The fourth-order valence-electron chi connectivity index (χ4n) is 3.60. The molecule has 1 N–H and O–H groups in total. The highest BCUT2D eigenvalue weighted by atomic mass is 32.1. The lowest BCUT2D eigenvalue weighted by Gasteiger charge is -2.33. The van der Waals surface area contributed by atoms with Crippen LogP contribution in [0.2, 0.25) is 0 Å². The van der Waals surface area contributed by atoms with Crippen LogP contribution in [0, 0.1) is 5.92 Å². The summed E-state index contributed by atoms with van der Waals surface area (Å²) in [5.74, 6) is 1.87. The molecule has 4 rings (SSSR count). The molecule has 140 valence electrons. The first-order valence-electron chi connectivity index (χ1n) is 9.58. The third-order valence-corrected chi connectivity index (χ3v) is 5.69. The van der Waals surface area contributed by atoms with E-state index < -0.39 is 0 Å². The van der Waals surface area contributed by atoms with Crippen LogP contribution in [-0.2, 0) is 4.79 Å². The SMILES string of the molecule is CCCNC(=O)C1CCCN(c2nc(-c3ccsc3)nc3ccccc23)C1. The summed E-state index contributed by atoms with van der Waals surface area (Å²) in [6.45, 7) is 4.45. The number of anilines is 1. The Morgan fingerprint density at radius 3 is 3.00 bits per heavy atom. The van der Waals surface area contributed by atoms with Crippen molar-refractivity contribution in [2.75, 3.05) is 24.5 Å². The van der Waals surface area contributed by atoms with E-state index in [2.05, 4.69) is 34.7 Å². The van der Waals surface area contributed by atoms with Crippen molar-refractivity contribution >= 4 is 34.0 Å². The Kier molecular flexibility index (Phi) is 5.34. The fraction of sp³-hybridized carbons (Fsp3) is 0.381. The van der Waals surface area contributed by atoms with Gasteiger partial charge >= 0.3 is 0 Å². The average molecular weight is 381 g/mol. The van der Waals surface area contributed by atoms with Crippen LogP contribution >= 0.6 is 11.3 Å². The van der Waals surface area contributed by atoms with Crippen molar-refractivity contribution in [2.24, 2.45) is 5.92 Å². The summed E-state index contributed by atoms with van der Waals surface area (Å²) < 4.78 is 0. The molecule has 1 aromatic carbocycles. The number of aromatic nitrogens is 2. The van der Waals surface area contributed by atoms with Gasteiger partial charge in [0, 0.05) is 36.0 Å². The Balaban J connectivity index is 1.68. The maximum atomic E-state index is 12.5. The highest BCUT2D eigenvalue weighted by Gasteiger charge is 2.27. The number of piperidine rings is 1. The molecule has 1 fully saturated rings. The molecule has 6 heteroatoms. The predicted octanol–water partition coefficient (Wildman–Crippen LogP) is 4.10. The second kappa shape index (κ2) is 8.05. The van der Waals surface area contributed by atoms with Crippen LogP contribution in [0.25, 0.3) is 22.3 Å². The zero-order valence-corrected chi connectivity index (χ0v) is 16.3. The molecule has 1 aliphatic rings. The maximum Gasteiger partial charge on any atom is 0.224 e.